The largest absolute Gasteiger partial charge is 0.393 e. The van der Waals surface area contributed by atoms with Crippen molar-refractivity contribution in [2.24, 2.45) is 11.8 Å². The van der Waals surface area contributed by atoms with Gasteiger partial charge in [0.1, 0.15) is 0 Å². The van der Waals surface area contributed by atoms with Gasteiger partial charge in [0.2, 0.25) is 0 Å². The van der Waals surface area contributed by atoms with E-state index in [-0.39, 0.29) is 30.4 Å². The van der Waals surface area contributed by atoms with E-state index in [0.717, 1.165) is 12.8 Å². The van der Waals surface area contributed by atoms with Crippen LogP contribution in [-0.4, -0.2) is 55.7 Å². The van der Waals surface area contributed by atoms with Crippen molar-refractivity contribution in [3.63, 3.8) is 0 Å². The minimum absolute atomic E-state index is 0.0363. The van der Waals surface area contributed by atoms with Gasteiger partial charge in [0.05, 0.1) is 23.5 Å². The minimum atomic E-state index is -4.28. The van der Waals surface area contributed by atoms with Crippen LogP contribution in [0.1, 0.15) is 25.7 Å². The summed E-state index contributed by atoms with van der Waals surface area (Å²) in [5.74, 6) is -1.34. The van der Waals surface area contributed by atoms with Crippen molar-refractivity contribution >= 4 is 15.9 Å². The Kier molecular flexibility index (Phi) is 3.81. The molecule has 1 unspecified atom stereocenters. The molecule has 0 aromatic carbocycles. The van der Waals surface area contributed by atoms with Crippen molar-refractivity contribution in [2.75, 3.05) is 18.1 Å². The lowest BCUT2D eigenvalue weighted by Crippen LogP contribution is -2.50. The molecule has 126 valence electrons. The first-order valence-corrected chi connectivity index (χ1v) is 9.34. The molecular formula is C13H19F3N2O3S. The summed E-state index contributed by atoms with van der Waals surface area (Å²) in [6.45, 7) is 0.287. The van der Waals surface area contributed by atoms with Gasteiger partial charge >= 0.3 is 12.2 Å². The summed E-state index contributed by atoms with van der Waals surface area (Å²) in [7, 11) is -3.19. The molecule has 1 aliphatic heterocycles. The third-order valence-corrected chi connectivity index (χ3v) is 6.39. The van der Waals surface area contributed by atoms with Crippen LogP contribution in [0.3, 0.4) is 0 Å². The summed E-state index contributed by atoms with van der Waals surface area (Å²) in [6, 6.07) is -1.81. The topological polar surface area (TPSA) is 66.5 Å². The summed E-state index contributed by atoms with van der Waals surface area (Å²) in [6.07, 6.45) is -2.28. The molecule has 1 N–H and O–H groups in total. The third-order valence-electron chi connectivity index (χ3n) is 4.63. The average molecular weight is 340 g/mol. The number of urea groups is 1. The van der Waals surface area contributed by atoms with E-state index in [9.17, 15) is 26.4 Å². The molecule has 2 saturated carbocycles. The van der Waals surface area contributed by atoms with Gasteiger partial charge in [0.15, 0.2) is 9.84 Å². The smallest absolute Gasteiger partial charge is 0.335 e. The van der Waals surface area contributed by atoms with Crippen molar-refractivity contribution in [1.29, 1.82) is 0 Å². The second-order valence-electron chi connectivity index (χ2n) is 6.51. The lowest BCUT2D eigenvalue weighted by atomic mass is 10.2. The molecule has 22 heavy (non-hydrogen) atoms. The Labute approximate surface area is 127 Å². The molecule has 1 heterocycles. The second-order valence-corrected chi connectivity index (χ2v) is 8.73. The van der Waals surface area contributed by atoms with E-state index in [1.807, 2.05) is 0 Å². The third kappa shape index (κ3) is 3.49. The number of carbonyl (C=O) groups is 1. The normalized spacial score (nSPS) is 34.9. The molecule has 0 aromatic rings. The quantitative estimate of drug-likeness (QED) is 0.829. The van der Waals surface area contributed by atoms with Crippen LogP contribution in [0.25, 0.3) is 0 Å². The van der Waals surface area contributed by atoms with E-state index in [1.165, 1.54) is 4.90 Å². The van der Waals surface area contributed by atoms with E-state index < -0.39 is 40.0 Å². The van der Waals surface area contributed by atoms with Crippen LogP contribution in [-0.2, 0) is 9.84 Å². The minimum Gasteiger partial charge on any atom is -0.335 e. The molecule has 0 radical (unpaired) electrons. The fourth-order valence-electron chi connectivity index (χ4n) is 3.14. The molecule has 3 atom stereocenters. The molecule has 5 nitrogen and oxygen atoms in total. The number of carbonyl (C=O) groups excluding carboxylic acids is 1. The highest BCUT2D eigenvalue weighted by Crippen LogP contribution is 2.45. The highest BCUT2D eigenvalue weighted by atomic mass is 32.2. The molecule has 3 fully saturated rings. The number of nitrogens with one attached hydrogen (secondary N) is 1. The number of hydrogen-bond donors (Lipinski definition) is 1. The highest BCUT2D eigenvalue weighted by Gasteiger charge is 2.57. The van der Waals surface area contributed by atoms with Crippen molar-refractivity contribution in [3.05, 3.63) is 0 Å². The van der Waals surface area contributed by atoms with Gasteiger partial charge < -0.3 is 10.2 Å². The van der Waals surface area contributed by atoms with E-state index >= 15 is 0 Å². The molecule has 1 saturated heterocycles. The Balaban J connectivity index is 1.65. The maximum Gasteiger partial charge on any atom is 0.393 e. The van der Waals surface area contributed by atoms with Crippen LogP contribution in [0.4, 0.5) is 18.0 Å². The lowest BCUT2D eigenvalue weighted by Gasteiger charge is -2.29. The first kappa shape index (κ1) is 15.9. The summed E-state index contributed by atoms with van der Waals surface area (Å²) in [4.78, 5) is 13.7. The van der Waals surface area contributed by atoms with E-state index in [4.69, 9.17) is 0 Å². The molecule has 0 spiro atoms. The molecule has 0 aromatic heterocycles. The zero-order valence-corrected chi connectivity index (χ0v) is 12.8. The standard InChI is InChI=1S/C13H19F3N2O3S/c14-13(15,16)9-6-10(9)17-12(19)18-4-1-5-22(20,21)7-11(18)8-2-3-8/h8-11H,1-7H2,(H,17,19)/t9-,10-,11?/m1/s1. The molecule has 0 bridgehead atoms. The summed E-state index contributed by atoms with van der Waals surface area (Å²) in [5.41, 5.74) is 0. The molecule has 2 amide bonds. The van der Waals surface area contributed by atoms with Gasteiger partial charge in [-0.05, 0) is 31.6 Å². The summed E-state index contributed by atoms with van der Waals surface area (Å²) < 4.78 is 61.3. The molecule has 3 aliphatic rings. The Morgan fingerprint density at radius 3 is 2.45 bits per heavy atom. The van der Waals surface area contributed by atoms with E-state index in [0.29, 0.717) is 6.42 Å². The summed E-state index contributed by atoms with van der Waals surface area (Å²) >= 11 is 0. The molecule has 9 heteroatoms. The maximum atomic E-state index is 12.5. The van der Waals surface area contributed by atoms with Gasteiger partial charge in [-0.25, -0.2) is 13.2 Å². The number of sulfone groups is 1. The number of nitrogens with zero attached hydrogens (tertiary/aromatic N) is 1. The fraction of sp³-hybridized carbons (Fsp3) is 0.923. The first-order valence-electron chi connectivity index (χ1n) is 7.52. The Hall–Kier alpha value is -0.990. The Bertz CT molecular complexity index is 559. The molecule has 2 aliphatic carbocycles. The van der Waals surface area contributed by atoms with Crippen molar-refractivity contribution < 1.29 is 26.4 Å². The lowest BCUT2D eigenvalue weighted by molar-refractivity contribution is -0.148. The highest BCUT2D eigenvalue weighted by molar-refractivity contribution is 7.91. The number of halogens is 3. The average Bonchev–Trinajstić information content (AvgIpc) is 3.23. The predicted octanol–water partition coefficient (Wildman–Crippen LogP) is 1.55. The SMILES string of the molecule is O=C(N[C@@H]1C[C@H]1C(F)(F)F)N1CCCS(=O)(=O)CC1C1CC1. The van der Waals surface area contributed by atoms with Crippen LogP contribution >= 0.6 is 0 Å². The second kappa shape index (κ2) is 5.28. The van der Waals surface area contributed by atoms with Gasteiger partial charge in [0, 0.05) is 12.6 Å². The van der Waals surface area contributed by atoms with Gasteiger partial charge in [0.25, 0.3) is 0 Å². The van der Waals surface area contributed by atoms with Crippen LogP contribution in [0.2, 0.25) is 0 Å². The molecule has 3 rings (SSSR count). The van der Waals surface area contributed by atoms with Gasteiger partial charge in [-0.2, -0.15) is 13.2 Å². The number of amides is 2. The monoisotopic (exact) mass is 340 g/mol. The van der Waals surface area contributed by atoms with Crippen LogP contribution in [0.15, 0.2) is 0 Å². The number of rotatable bonds is 2. The number of hydrogen-bond acceptors (Lipinski definition) is 3. The maximum absolute atomic E-state index is 12.5. The zero-order chi connectivity index (χ0) is 16.1. The number of alkyl halides is 3. The van der Waals surface area contributed by atoms with Crippen LogP contribution in [0, 0.1) is 11.8 Å². The van der Waals surface area contributed by atoms with Crippen molar-refractivity contribution in [2.45, 2.75) is 43.9 Å². The first-order chi connectivity index (χ1) is 10.2. The van der Waals surface area contributed by atoms with Crippen LogP contribution in [0.5, 0.6) is 0 Å². The molecular weight excluding hydrogens is 321 g/mol. The van der Waals surface area contributed by atoms with Crippen molar-refractivity contribution in [3.8, 4) is 0 Å². The van der Waals surface area contributed by atoms with Crippen molar-refractivity contribution in [1.82, 2.24) is 10.2 Å². The van der Waals surface area contributed by atoms with E-state index in [1.54, 1.807) is 0 Å². The van der Waals surface area contributed by atoms with Gasteiger partial charge in [-0.15, -0.1) is 0 Å². The van der Waals surface area contributed by atoms with E-state index in [2.05, 4.69) is 5.32 Å². The van der Waals surface area contributed by atoms with Crippen LogP contribution < -0.4 is 5.32 Å². The fourth-order valence-corrected chi connectivity index (χ4v) is 4.84. The predicted molar refractivity (Wildman–Crippen MR) is 73.0 cm³/mol. The van der Waals surface area contributed by atoms with Gasteiger partial charge in [-0.3, -0.25) is 0 Å². The Morgan fingerprint density at radius 2 is 1.91 bits per heavy atom. The summed E-state index contributed by atoms with van der Waals surface area (Å²) in [5, 5.41) is 2.42. The zero-order valence-electron chi connectivity index (χ0n) is 12.0. The van der Waals surface area contributed by atoms with Gasteiger partial charge in [-0.1, -0.05) is 0 Å². The Morgan fingerprint density at radius 1 is 1.23 bits per heavy atom.